The molecule has 2 aliphatic heterocycles. The third kappa shape index (κ3) is 3.72. The third-order valence-corrected chi connectivity index (χ3v) is 20.7. The van der Waals surface area contributed by atoms with Gasteiger partial charge in [-0.3, -0.25) is 0 Å². The van der Waals surface area contributed by atoms with Crippen molar-refractivity contribution in [1.82, 2.24) is 22.8 Å². The summed E-state index contributed by atoms with van der Waals surface area (Å²) < 4.78 is 3.07. The fourth-order valence-corrected chi connectivity index (χ4v) is 23.2. The van der Waals surface area contributed by atoms with E-state index in [9.17, 15) is 0 Å². The summed E-state index contributed by atoms with van der Waals surface area (Å²) in [5.74, 6) is 0. The van der Waals surface area contributed by atoms with E-state index >= 15 is 0 Å². The first kappa shape index (κ1) is 19.9. The van der Waals surface area contributed by atoms with Gasteiger partial charge in [0.15, 0.2) is 0 Å². The summed E-state index contributed by atoms with van der Waals surface area (Å²) in [6.45, 7) is 15.2. The molecule has 0 unspecified atom stereocenters. The van der Waals surface area contributed by atoms with Crippen LogP contribution in [0.5, 0.6) is 0 Å². The third-order valence-electron chi connectivity index (χ3n) is 4.19. The van der Waals surface area contributed by atoms with Gasteiger partial charge in [0, 0.05) is 0 Å². The molecule has 24 heavy (non-hydrogen) atoms. The predicted octanol–water partition coefficient (Wildman–Crippen LogP) is 2.76. The summed E-state index contributed by atoms with van der Waals surface area (Å²) in [7, 11) is 6.04. The second-order valence-corrected chi connectivity index (χ2v) is 22.5. The molecule has 0 aromatic rings. The summed E-state index contributed by atoms with van der Waals surface area (Å²) in [6.07, 6.45) is 8.96. The second kappa shape index (κ2) is 6.72. The first-order chi connectivity index (χ1) is 10.9. The number of rotatable bonds is 5. The first-order valence-corrected chi connectivity index (χ1v) is 17.4. The molecule has 2 aliphatic rings. The molecule has 0 atom stereocenters. The van der Waals surface area contributed by atoms with Crippen molar-refractivity contribution in [1.29, 1.82) is 0 Å². The summed E-state index contributed by atoms with van der Waals surface area (Å²) in [6, 6.07) is 0. The van der Waals surface area contributed by atoms with Crippen LogP contribution < -0.4 is 0 Å². The summed E-state index contributed by atoms with van der Waals surface area (Å²) in [5.41, 5.74) is 0. The zero-order chi connectivity index (χ0) is 18.4. The summed E-state index contributed by atoms with van der Waals surface area (Å²) >= 11 is -0.943. The number of hydrogen-bond donors (Lipinski definition) is 0. The van der Waals surface area contributed by atoms with Gasteiger partial charge in [0.25, 0.3) is 0 Å². The maximum atomic E-state index is 3.07. The van der Waals surface area contributed by atoms with Crippen LogP contribution in [-0.4, -0.2) is 77.6 Å². The molecule has 0 bridgehead atoms. The maximum absolute atomic E-state index is 3.07. The van der Waals surface area contributed by atoms with Crippen molar-refractivity contribution in [2.24, 2.45) is 0 Å². The molecule has 0 aromatic heterocycles. The molecular weight excluding hydrogens is 373 g/mol. The molecule has 0 saturated carbocycles. The Morgan fingerprint density at radius 3 is 1.08 bits per heavy atom. The van der Waals surface area contributed by atoms with Crippen LogP contribution >= 0.6 is 0 Å². The van der Waals surface area contributed by atoms with E-state index in [-0.39, 0.29) is 0 Å². The van der Waals surface area contributed by atoms with Gasteiger partial charge < -0.3 is 0 Å². The molecular formula is C16H36MnN5Si2. The molecule has 8 heteroatoms. The van der Waals surface area contributed by atoms with Crippen molar-refractivity contribution >= 4 is 16.5 Å². The van der Waals surface area contributed by atoms with Crippen molar-refractivity contribution in [2.75, 3.05) is 28.2 Å². The summed E-state index contributed by atoms with van der Waals surface area (Å²) in [4.78, 5) is 9.73. The zero-order valence-corrected chi connectivity index (χ0v) is 20.3. The van der Waals surface area contributed by atoms with E-state index in [4.69, 9.17) is 0 Å². The molecule has 0 spiro atoms. The Morgan fingerprint density at radius 1 is 0.625 bits per heavy atom. The minimum atomic E-state index is -1.46. The van der Waals surface area contributed by atoms with Gasteiger partial charge in [-0.15, -0.1) is 0 Å². The van der Waals surface area contributed by atoms with E-state index in [2.05, 4.69) is 115 Å². The van der Waals surface area contributed by atoms with Crippen molar-refractivity contribution in [2.45, 2.75) is 49.4 Å². The Hall–Kier alpha value is -0.407. The minimum absolute atomic E-state index is 0.464. The van der Waals surface area contributed by atoms with E-state index in [0.717, 1.165) is 0 Å². The van der Waals surface area contributed by atoms with Crippen LogP contribution in [0, 0.1) is 0 Å². The molecule has 0 saturated heterocycles. The molecule has 5 nitrogen and oxygen atoms in total. The van der Waals surface area contributed by atoms with Crippen LogP contribution in [0.2, 0.25) is 39.3 Å². The molecule has 2 heterocycles. The summed E-state index contributed by atoms with van der Waals surface area (Å²) in [5, 5.41) is 0.927. The van der Waals surface area contributed by atoms with Crippen LogP contribution in [0.25, 0.3) is 0 Å². The average molecular weight is 410 g/mol. The Kier molecular flexibility index (Phi) is 5.58. The SMILES string of the molecule is CN1C=CN(C)[CH]1[Mn]([CH]1N(C)C=CN1C)[N]([Si](C)(C)C)[Si](C)(C)C. The predicted molar refractivity (Wildman–Crippen MR) is 105 cm³/mol. The molecule has 2 rings (SSSR count). The fourth-order valence-electron chi connectivity index (χ4n) is 3.78. The Morgan fingerprint density at radius 2 is 0.875 bits per heavy atom. The van der Waals surface area contributed by atoms with E-state index in [1.807, 2.05) is 0 Å². The monoisotopic (exact) mass is 409 g/mol. The van der Waals surface area contributed by atoms with E-state index in [1.165, 1.54) is 0 Å². The van der Waals surface area contributed by atoms with Gasteiger partial charge in [0.2, 0.25) is 0 Å². The molecule has 0 amide bonds. The van der Waals surface area contributed by atoms with Crippen LogP contribution in [0.4, 0.5) is 0 Å². The standard InChI is InChI=1S/C6H18NSi2.2C5H9N2.Mn/c1-8(2,3)7-9(4,5)6;2*1-6-3-4-7(2)5-6;/h1-6H3;2*3-5H,1-2H3;/q-1;;;+1. The van der Waals surface area contributed by atoms with E-state index in [1.54, 1.807) is 0 Å². The van der Waals surface area contributed by atoms with Crippen molar-refractivity contribution in [3.05, 3.63) is 24.8 Å². The molecule has 0 aromatic carbocycles. The van der Waals surface area contributed by atoms with Gasteiger partial charge >= 0.3 is 156 Å². The first-order valence-electron chi connectivity index (χ1n) is 8.57. The normalized spacial score (nSPS) is 21.0. The Labute approximate surface area is 155 Å². The van der Waals surface area contributed by atoms with Crippen LogP contribution in [0.1, 0.15) is 0 Å². The second-order valence-electron chi connectivity index (χ2n) is 8.82. The van der Waals surface area contributed by atoms with E-state index < -0.39 is 30.6 Å². The Bertz CT molecular complexity index is 446. The molecule has 0 radical (unpaired) electrons. The number of hydrogen-bond acceptors (Lipinski definition) is 5. The van der Waals surface area contributed by atoms with Crippen LogP contribution in [-0.2, 0) is 14.1 Å². The van der Waals surface area contributed by atoms with Gasteiger partial charge in [-0.2, -0.15) is 0 Å². The molecule has 0 N–H and O–H groups in total. The van der Waals surface area contributed by atoms with Gasteiger partial charge in [0.05, 0.1) is 0 Å². The molecule has 0 fully saturated rings. The van der Waals surface area contributed by atoms with Gasteiger partial charge in [0.1, 0.15) is 0 Å². The molecule has 0 aliphatic carbocycles. The van der Waals surface area contributed by atoms with Crippen molar-refractivity contribution in [3.63, 3.8) is 0 Å². The van der Waals surface area contributed by atoms with Gasteiger partial charge in [-0.1, -0.05) is 0 Å². The van der Waals surface area contributed by atoms with Crippen molar-refractivity contribution in [3.8, 4) is 0 Å². The van der Waals surface area contributed by atoms with Gasteiger partial charge in [-0.05, 0) is 0 Å². The van der Waals surface area contributed by atoms with Gasteiger partial charge in [-0.25, -0.2) is 0 Å². The van der Waals surface area contributed by atoms with Crippen LogP contribution in [0.15, 0.2) is 24.8 Å². The fraction of sp³-hybridized carbons (Fsp3) is 0.750. The molecule has 140 valence electrons. The van der Waals surface area contributed by atoms with Crippen molar-refractivity contribution < 1.29 is 14.1 Å². The zero-order valence-electron chi connectivity index (χ0n) is 17.1. The van der Waals surface area contributed by atoms with E-state index in [0.29, 0.717) is 10.1 Å². The number of nitrogens with zero attached hydrogens (tertiary/aromatic N) is 5. The average Bonchev–Trinajstić information content (AvgIpc) is 2.88. The van der Waals surface area contributed by atoms with Crippen LogP contribution in [0.3, 0.4) is 0 Å². The Balaban J connectivity index is 2.54. The topological polar surface area (TPSA) is 16.2 Å². The quantitative estimate of drug-likeness (QED) is 0.647.